The van der Waals surface area contributed by atoms with Crippen LogP contribution in [0.15, 0.2) is 35.2 Å². The quantitative estimate of drug-likeness (QED) is 0.803. The van der Waals surface area contributed by atoms with E-state index in [1.54, 1.807) is 15.6 Å². The molecule has 118 valence electrons. The fourth-order valence-corrected chi connectivity index (χ4v) is 3.18. The summed E-state index contributed by atoms with van der Waals surface area (Å²) < 4.78 is 8.92. The highest BCUT2D eigenvalue weighted by molar-refractivity contribution is 5.94. The second kappa shape index (κ2) is 5.12. The molecule has 1 aliphatic heterocycles. The molecule has 1 aliphatic rings. The first kappa shape index (κ1) is 13.8. The van der Waals surface area contributed by atoms with Crippen LogP contribution >= 0.6 is 0 Å². The van der Waals surface area contributed by atoms with Crippen molar-refractivity contribution in [1.82, 2.24) is 19.6 Å². The lowest BCUT2D eigenvalue weighted by atomic mass is 9.88. The van der Waals surface area contributed by atoms with Gasteiger partial charge in [-0.2, -0.15) is 10.2 Å². The Kier molecular flexibility index (Phi) is 3.07. The third-order valence-electron chi connectivity index (χ3n) is 4.20. The molecule has 0 saturated heterocycles. The summed E-state index contributed by atoms with van der Waals surface area (Å²) in [5, 5.41) is 11.8. The Morgan fingerprint density at radius 1 is 1.43 bits per heavy atom. The SMILES string of the molecule is Cc1nn(C)cc1C1CC(=O)Nc2c1cnn2Cc1ccco1. The van der Waals surface area contributed by atoms with Gasteiger partial charge in [-0.3, -0.25) is 9.48 Å². The summed E-state index contributed by atoms with van der Waals surface area (Å²) in [6, 6.07) is 3.73. The van der Waals surface area contributed by atoms with Gasteiger partial charge >= 0.3 is 0 Å². The van der Waals surface area contributed by atoms with Crippen LogP contribution in [0.1, 0.15) is 34.9 Å². The van der Waals surface area contributed by atoms with Crippen LogP contribution < -0.4 is 5.32 Å². The largest absolute Gasteiger partial charge is 0.467 e. The van der Waals surface area contributed by atoms with Crippen molar-refractivity contribution in [2.75, 3.05) is 5.32 Å². The third kappa shape index (κ3) is 2.34. The predicted molar refractivity (Wildman–Crippen MR) is 83.1 cm³/mol. The second-order valence-electron chi connectivity index (χ2n) is 5.83. The zero-order valence-corrected chi connectivity index (χ0v) is 13.0. The number of furan rings is 1. The van der Waals surface area contributed by atoms with E-state index in [-0.39, 0.29) is 11.8 Å². The van der Waals surface area contributed by atoms with Crippen molar-refractivity contribution >= 4 is 11.7 Å². The van der Waals surface area contributed by atoms with Gasteiger partial charge in [-0.05, 0) is 19.1 Å². The lowest BCUT2D eigenvalue weighted by Crippen LogP contribution is -2.25. The molecule has 0 bridgehead atoms. The number of anilines is 1. The monoisotopic (exact) mass is 311 g/mol. The Morgan fingerprint density at radius 3 is 3.00 bits per heavy atom. The molecule has 1 unspecified atom stereocenters. The molecular formula is C16H17N5O2. The van der Waals surface area contributed by atoms with E-state index in [2.05, 4.69) is 15.5 Å². The van der Waals surface area contributed by atoms with Gasteiger partial charge in [-0.15, -0.1) is 0 Å². The van der Waals surface area contributed by atoms with E-state index in [0.29, 0.717) is 13.0 Å². The minimum Gasteiger partial charge on any atom is -0.467 e. The number of fused-ring (bicyclic) bond motifs is 1. The molecule has 1 amide bonds. The van der Waals surface area contributed by atoms with Gasteiger partial charge in [0.05, 0.1) is 18.2 Å². The Hall–Kier alpha value is -2.83. The molecule has 4 rings (SSSR count). The normalized spacial score (nSPS) is 17.1. The first-order valence-electron chi connectivity index (χ1n) is 7.50. The zero-order valence-electron chi connectivity index (χ0n) is 13.0. The Labute approximate surface area is 132 Å². The smallest absolute Gasteiger partial charge is 0.226 e. The van der Waals surface area contributed by atoms with Crippen molar-refractivity contribution in [1.29, 1.82) is 0 Å². The van der Waals surface area contributed by atoms with Gasteiger partial charge in [0.25, 0.3) is 0 Å². The fraction of sp³-hybridized carbons (Fsp3) is 0.312. The third-order valence-corrected chi connectivity index (χ3v) is 4.20. The Morgan fingerprint density at radius 2 is 2.30 bits per heavy atom. The Bertz CT molecular complexity index is 859. The molecule has 4 heterocycles. The molecular weight excluding hydrogens is 294 g/mol. The number of hydrogen-bond acceptors (Lipinski definition) is 4. The highest BCUT2D eigenvalue weighted by atomic mass is 16.3. The maximum absolute atomic E-state index is 12.2. The molecule has 7 heteroatoms. The Balaban J connectivity index is 1.75. The van der Waals surface area contributed by atoms with E-state index in [1.165, 1.54) is 0 Å². The van der Waals surface area contributed by atoms with Crippen LogP contribution in [0.2, 0.25) is 0 Å². The minimum absolute atomic E-state index is 0.00746. The van der Waals surface area contributed by atoms with Gasteiger partial charge in [0.15, 0.2) is 0 Å². The van der Waals surface area contributed by atoms with E-state index < -0.39 is 0 Å². The molecule has 0 radical (unpaired) electrons. The number of amides is 1. The fourth-order valence-electron chi connectivity index (χ4n) is 3.18. The first-order valence-corrected chi connectivity index (χ1v) is 7.50. The average Bonchev–Trinajstić information content (AvgIpc) is 3.21. The van der Waals surface area contributed by atoms with Crippen LogP contribution in [-0.4, -0.2) is 25.5 Å². The molecule has 0 fully saturated rings. The van der Waals surface area contributed by atoms with Crippen molar-refractivity contribution in [2.45, 2.75) is 25.8 Å². The summed E-state index contributed by atoms with van der Waals surface area (Å²) in [5.74, 6) is 1.51. The average molecular weight is 311 g/mol. The van der Waals surface area contributed by atoms with Crippen LogP contribution in [0.5, 0.6) is 0 Å². The van der Waals surface area contributed by atoms with Gasteiger partial charge in [0.2, 0.25) is 5.91 Å². The zero-order chi connectivity index (χ0) is 16.0. The molecule has 0 saturated carbocycles. The van der Waals surface area contributed by atoms with Crippen LogP contribution in [0.3, 0.4) is 0 Å². The maximum Gasteiger partial charge on any atom is 0.226 e. The van der Waals surface area contributed by atoms with Crippen molar-refractivity contribution in [3.8, 4) is 0 Å². The molecule has 23 heavy (non-hydrogen) atoms. The topological polar surface area (TPSA) is 77.9 Å². The number of nitrogens with one attached hydrogen (secondary N) is 1. The van der Waals surface area contributed by atoms with E-state index in [1.807, 2.05) is 38.5 Å². The van der Waals surface area contributed by atoms with Crippen molar-refractivity contribution < 1.29 is 9.21 Å². The van der Waals surface area contributed by atoms with Gasteiger partial charge in [-0.1, -0.05) is 0 Å². The van der Waals surface area contributed by atoms with E-state index >= 15 is 0 Å². The number of nitrogens with zero attached hydrogens (tertiary/aromatic N) is 4. The van der Waals surface area contributed by atoms with E-state index in [4.69, 9.17) is 4.42 Å². The number of rotatable bonds is 3. The van der Waals surface area contributed by atoms with Crippen LogP contribution in [0, 0.1) is 6.92 Å². The summed E-state index contributed by atoms with van der Waals surface area (Å²) >= 11 is 0. The minimum atomic E-state index is -0.0159. The maximum atomic E-state index is 12.2. The number of carbonyl (C=O) groups is 1. The summed E-state index contributed by atoms with van der Waals surface area (Å²) in [6.45, 7) is 2.45. The second-order valence-corrected chi connectivity index (χ2v) is 5.83. The highest BCUT2D eigenvalue weighted by Crippen LogP contribution is 2.38. The molecule has 7 nitrogen and oxygen atoms in total. The van der Waals surface area contributed by atoms with E-state index in [9.17, 15) is 4.79 Å². The van der Waals surface area contributed by atoms with E-state index in [0.717, 1.165) is 28.4 Å². The van der Waals surface area contributed by atoms with Crippen LogP contribution in [-0.2, 0) is 18.4 Å². The molecule has 1 N–H and O–H groups in total. The van der Waals surface area contributed by atoms with Gasteiger partial charge in [-0.25, -0.2) is 4.68 Å². The van der Waals surface area contributed by atoms with Crippen LogP contribution in [0.4, 0.5) is 5.82 Å². The lowest BCUT2D eigenvalue weighted by molar-refractivity contribution is -0.116. The molecule has 0 aliphatic carbocycles. The van der Waals surface area contributed by atoms with Gasteiger partial charge in [0, 0.05) is 36.7 Å². The lowest BCUT2D eigenvalue weighted by Gasteiger charge is -2.23. The highest BCUT2D eigenvalue weighted by Gasteiger charge is 2.31. The van der Waals surface area contributed by atoms with Gasteiger partial charge < -0.3 is 9.73 Å². The number of aromatic nitrogens is 4. The van der Waals surface area contributed by atoms with Crippen molar-refractivity contribution in [3.05, 3.63) is 53.4 Å². The molecule has 1 atom stereocenters. The van der Waals surface area contributed by atoms with Gasteiger partial charge in [0.1, 0.15) is 18.1 Å². The summed E-state index contributed by atoms with van der Waals surface area (Å²) in [7, 11) is 1.89. The summed E-state index contributed by atoms with van der Waals surface area (Å²) in [6.07, 6.45) is 5.85. The summed E-state index contributed by atoms with van der Waals surface area (Å²) in [5.41, 5.74) is 3.03. The standard InChI is InChI=1S/C16H17N5O2/c1-10-14(9-20(2)19-10)12-6-15(22)18-16-13(12)7-17-21(16)8-11-4-3-5-23-11/h3-5,7,9,12H,6,8H2,1-2H3,(H,18,22). The number of aryl methyl sites for hydroxylation is 2. The first-order chi connectivity index (χ1) is 11.1. The predicted octanol–water partition coefficient (Wildman–Crippen LogP) is 2.04. The van der Waals surface area contributed by atoms with Crippen LogP contribution in [0.25, 0.3) is 0 Å². The molecule has 3 aromatic heterocycles. The number of hydrogen-bond donors (Lipinski definition) is 1. The van der Waals surface area contributed by atoms with Crippen molar-refractivity contribution in [3.63, 3.8) is 0 Å². The molecule has 0 spiro atoms. The molecule has 3 aromatic rings. The molecule has 0 aromatic carbocycles. The summed E-state index contributed by atoms with van der Waals surface area (Å²) in [4.78, 5) is 12.2. The van der Waals surface area contributed by atoms with Crippen molar-refractivity contribution in [2.24, 2.45) is 7.05 Å². The number of carbonyl (C=O) groups excluding carboxylic acids is 1.